The van der Waals surface area contributed by atoms with E-state index in [-0.39, 0.29) is 17.6 Å². The van der Waals surface area contributed by atoms with Gasteiger partial charge in [0.15, 0.2) is 0 Å². The normalized spacial score (nSPS) is 19.3. The number of nitrogens with one attached hydrogen (secondary N) is 2. The molecule has 0 aliphatic heterocycles. The van der Waals surface area contributed by atoms with E-state index in [1.54, 1.807) is 6.20 Å². The summed E-state index contributed by atoms with van der Waals surface area (Å²) in [4.78, 5) is 23.2. The molecule has 0 atom stereocenters. The van der Waals surface area contributed by atoms with Crippen LogP contribution in [-0.2, 0) is 6.18 Å². The highest BCUT2D eigenvalue weighted by molar-refractivity contribution is 5.94. The number of anilines is 2. The second-order valence-electron chi connectivity index (χ2n) is 7.84. The number of alkyl halides is 3. The third kappa shape index (κ3) is 5.40. The van der Waals surface area contributed by atoms with E-state index in [2.05, 4.69) is 20.6 Å². The van der Waals surface area contributed by atoms with Crippen LogP contribution in [0.4, 0.5) is 24.9 Å². The molecule has 30 heavy (non-hydrogen) atoms. The Bertz CT molecular complexity index is 892. The van der Waals surface area contributed by atoms with Crippen LogP contribution in [0.5, 0.6) is 0 Å². The molecule has 1 aliphatic rings. The van der Waals surface area contributed by atoms with Crippen molar-refractivity contribution in [2.45, 2.75) is 50.9 Å². The van der Waals surface area contributed by atoms with Crippen LogP contribution >= 0.6 is 0 Å². The van der Waals surface area contributed by atoms with Gasteiger partial charge in [-0.2, -0.15) is 18.2 Å². The first-order valence-corrected chi connectivity index (χ1v) is 9.89. The lowest BCUT2D eigenvalue weighted by molar-refractivity contribution is -0.137. The third-order valence-electron chi connectivity index (χ3n) is 5.22. The van der Waals surface area contributed by atoms with Crippen LogP contribution < -0.4 is 15.5 Å². The molecule has 0 saturated heterocycles. The van der Waals surface area contributed by atoms with E-state index in [0.29, 0.717) is 5.95 Å². The van der Waals surface area contributed by atoms with Crippen molar-refractivity contribution in [2.75, 3.05) is 24.3 Å². The summed E-state index contributed by atoms with van der Waals surface area (Å²) >= 11 is 0. The Balaban J connectivity index is 1.54. The molecule has 1 aromatic carbocycles. The van der Waals surface area contributed by atoms with Gasteiger partial charge in [0.2, 0.25) is 5.95 Å². The van der Waals surface area contributed by atoms with Crippen LogP contribution in [0.1, 0.15) is 47.2 Å². The van der Waals surface area contributed by atoms with Crippen molar-refractivity contribution in [2.24, 2.45) is 0 Å². The van der Waals surface area contributed by atoms with Crippen molar-refractivity contribution in [1.29, 1.82) is 0 Å². The zero-order valence-corrected chi connectivity index (χ0v) is 17.3. The number of carbonyl (C=O) groups is 1. The minimum atomic E-state index is -4.47. The predicted molar refractivity (Wildman–Crippen MR) is 110 cm³/mol. The largest absolute Gasteiger partial charge is 0.416 e. The van der Waals surface area contributed by atoms with E-state index in [1.165, 1.54) is 12.1 Å². The molecule has 1 amide bonds. The quantitative estimate of drug-likeness (QED) is 0.763. The lowest BCUT2D eigenvalue weighted by Crippen LogP contribution is -2.40. The zero-order valence-electron chi connectivity index (χ0n) is 17.3. The average Bonchev–Trinajstić information content (AvgIpc) is 2.70. The van der Waals surface area contributed by atoms with E-state index < -0.39 is 17.6 Å². The summed E-state index contributed by atoms with van der Waals surface area (Å²) in [7, 11) is 3.86. The first kappa shape index (κ1) is 21.9. The van der Waals surface area contributed by atoms with Gasteiger partial charge in [-0.25, -0.2) is 4.98 Å². The number of nitrogens with zero attached hydrogens (tertiary/aromatic N) is 3. The van der Waals surface area contributed by atoms with E-state index in [1.807, 2.05) is 25.9 Å². The number of aromatic nitrogens is 2. The number of aryl methyl sites for hydroxylation is 1. The van der Waals surface area contributed by atoms with Gasteiger partial charge in [0, 0.05) is 43.5 Å². The van der Waals surface area contributed by atoms with Crippen molar-refractivity contribution in [3.8, 4) is 0 Å². The molecule has 1 fully saturated rings. The zero-order chi connectivity index (χ0) is 21.9. The van der Waals surface area contributed by atoms with Gasteiger partial charge in [-0.15, -0.1) is 0 Å². The topological polar surface area (TPSA) is 70.1 Å². The fraction of sp³-hybridized carbons (Fsp3) is 0.476. The summed E-state index contributed by atoms with van der Waals surface area (Å²) in [6.45, 7) is 1.96. The molecule has 3 rings (SSSR count). The van der Waals surface area contributed by atoms with Gasteiger partial charge in [-0.05, 0) is 50.8 Å². The number of amides is 1. The number of halogens is 3. The molecule has 1 saturated carbocycles. The van der Waals surface area contributed by atoms with Gasteiger partial charge in [0.25, 0.3) is 5.91 Å². The van der Waals surface area contributed by atoms with Gasteiger partial charge in [-0.1, -0.05) is 6.07 Å². The molecule has 0 bridgehead atoms. The third-order valence-corrected chi connectivity index (χ3v) is 5.22. The van der Waals surface area contributed by atoms with Crippen LogP contribution in [0.25, 0.3) is 0 Å². The first-order chi connectivity index (χ1) is 14.1. The summed E-state index contributed by atoms with van der Waals surface area (Å²) in [5, 5.41) is 6.20. The highest BCUT2D eigenvalue weighted by Crippen LogP contribution is 2.29. The number of hydrogen-bond donors (Lipinski definition) is 2. The number of hydrogen-bond acceptors (Lipinski definition) is 5. The van der Waals surface area contributed by atoms with Crippen molar-refractivity contribution in [3.05, 3.63) is 47.2 Å². The second-order valence-corrected chi connectivity index (χ2v) is 7.84. The maximum Gasteiger partial charge on any atom is 0.416 e. The Kier molecular flexibility index (Phi) is 6.48. The standard InChI is InChI=1S/C21H26F3N5O/c1-13-12-25-20(28-18(13)29(2)3)27-17-9-7-16(8-10-17)26-19(30)14-5-4-6-15(11-14)21(22,23)24/h4-6,11-12,16-17H,7-10H2,1-3H3,(H,26,30)(H,25,27,28). The van der Waals surface area contributed by atoms with Crippen molar-refractivity contribution in [3.63, 3.8) is 0 Å². The lowest BCUT2D eigenvalue weighted by atomic mass is 9.91. The maximum atomic E-state index is 12.9. The molecule has 1 aromatic heterocycles. The lowest BCUT2D eigenvalue weighted by Gasteiger charge is -2.30. The second kappa shape index (κ2) is 8.89. The Morgan fingerprint density at radius 1 is 1.13 bits per heavy atom. The molecule has 0 spiro atoms. The highest BCUT2D eigenvalue weighted by atomic mass is 19.4. The van der Waals surface area contributed by atoms with E-state index >= 15 is 0 Å². The molecule has 2 aromatic rings. The van der Waals surface area contributed by atoms with Gasteiger partial charge in [0.05, 0.1) is 5.56 Å². The minimum absolute atomic E-state index is 0.0225. The Morgan fingerprint density at radius 3 is 2.43 bits per heavy atom. The molecule has 0 unspecified atom stereocenters. The average molecular weight is 421 g/mol. The molecular formula is C21H26F3N5O. The first-order valence-electron chi connectivity index (χ1n) is 9.89. The van der Waals surface area contributed by atoms with Crippen LogP contribution in [0.3, 0.4) is 0 Å². The van der Waals surface area contributed by atoms with E-state index in [4.69, 9.17) is 0 Å². The SMILES string of the molecule is Cc1cnc(NC2CCC(NC(=O)c3cccc(C(F)(F)F)c3)CC2)nc1N(C)C. The van der Waals surface area contributed by atoms with Gasteiger partial charge in [0.1, 0.15) is 5.82 Å². The van der Waals surface area contributed by atoms with Crippen LogP contribution in [-0.4, -0.2) is 42.1 Å². The Morgan fingerprint density at radius 2 is 1.80 bits per heavy atom. The summed E-state index contributed by atoms with van der Waals surface area (Å²) in [5.41, 5.74) is 0.194. The predicted octanol–water partition coefficient (Wildman–Crippen LogP) is 4.02. The summed E-state index contributed by atoms with van der Waals surface area (Å²) in [6, 6.07) is 4.62. The van der Waals surface area contributed by atoms with Crippen molar-refractivity contribution < 1.29 is 18.0 Å². The number of carbonyl (C=O) groups excluding carboxylic acids is 1. The maximum absolute atomic E-state index is 12.9. The van der Waals surface area contributed by atoms with Gasteiger partial charge in [-0.3, -0.25) is 4.79 Å². The fourth-order valence-corrected chi connectivity index (χ4v) is 3.63. The van der Waals surface area contributed by atoms with Crippen LogP contribution in [0.2, 0.25) is 0 Å². The highest BCUT2D eigenvalue weighted by Gasteiger charge is 2.31. The van der Waals surface area contributed by atoms with E-state index in [0.717, 1.165) is 49.2 Å². The molecule has 1 heterocycles. The smallest absolute Gasteiger partial charge is 0.362 e. The van der Waals surface area contributed by atoms with Crippen molar-refractivity contribution in [1.82, 2.24) is 15.3 Å². The molecule has 1 aliphatic carbocycles. The van der Waals surface area contributed by atoms with Crippen LogP contribution in [0.15, 0.2) is 30.5 Å². The van der Waals surface area contributed by atoms with E-state index in [9.17, 15) is 18.0 Å². The Labute approximate surface area is 173 Å². The summed E-state index contributed by atoms with van der Waals surface area (Å²) in [6.07, 6.45) is 0.393. The molecule has 2 N–H and O–H groups in total. The minimum Gasteiger partial charge on any atom is -0.362 e. The van der Waals surface area contributed by atoms with Gasteiger partial charge < -0.3 is 15.5 Å². The molecular weight excluding hydrogens is 395 g/mol. The summed E-state index contributed by atoms with van der Waals surface area (Å²) in [5.74, 6) is 0.949. The number of benzene rings is 1. The molecule has 0 radical (unpaired) electrons. The summed E-state index contributed by atoms with van der Waals surface area (Å²) < 4.78 is 38.6. The molecule has 162 valence electrons. The molecule has 9 heteroatoms. The fourth-order valence-electron chi connectivity index (χ4n) is 3.63. The monoisotopic (exact) mass is 421 g/mol. The Hall–Kier alpha value is -2.84. The van der Waals surface area contributed by atoms with Gasteiger partial charge >= 0.3 is 6.18 Å². The number of rotatable bonds is 5. The van der Waals surface area contributed by atoms with Crippen LogP contribution in [0, 0.1) is 6.92 Å². The molecule has 6 nitrogen and oxygen atoms in total. The van der Waals surface area contributed by atoms with Crippen molar-refractivity contribution >= 4 is 17.7 Å².